The fraction of sp³-hybridized carbons (Fsp3) is 0. The van der Waals surface area contributed by atoms with Gasteiger partial charge in [-0.25, -0.2) is 4.98 Å². The van der Waals surface area contributed by atoms with Crippen LogP contribution in [0.1, 0.15) is 0 Å². The minimum atomic E-state index is 0.634. The van der Waals surface area contributed by atoms with Gasteiger partial charge in [0.05, 0.1) is 5.52 Å². The van der Waals surface area contributed by atoms with E-state index in [4.69, 9.17) is 4.42 Å². The maximum Gasteiger partial charge on any atom is 0.228 e. The van der Waals surface area contributed by atoms with Crippen LogP contribution in [0.4, 0.5) is 0 Å². The molecule has 0 fully saturated rings. The first-order chi connectivity index (χ1) is 11.4. The van der Waals surface area contributed by atoms with Crippen LogP contribution in [0.5, 0.6) is 0 Å². The van der Waals surface area contributed by atoms with Crippen LogP contribution >= 0.6 is 0 Å². The Hall–Kier alpha value is -3.20. The van der Waals surface area contributed by atoms with E-state index in [1.165, 1.54) is 0 Å². The normalized spacial score (nSPS) is 11.5. The summed E-state index contributed by atoms with van der Waals surface area (Å²) in [6.45, 7) is 0. The summed E-state index contributed by atoms with van der Waals surface area (Å²) in [4.78, 5) is 9.23. The third kappa shape index (κ3) is 1.83. The molecular formula is C20H12N2O. The van der Waals surface area contributed by atoms with Crippen molar-refractivity contribution < 1.29 is 4.42 Å². The summed E-state index contributed by atoms with van der Waals surface area (Å²) in [5, 5.41) is 3.33. The van der Waals surface area contributed by atoms with Crippen molar-refractivity contribution >= 4 is 32.8 Å². The van der Waals surface area contributed by atoms with Crippen molar-refractivity contribution in [3.63, 3.8) is 0 Å². The number of para-hydroxylation sites is 2. The van der Waals surface area contributed by atoms with Crippen molar-refractivity contribution in [1.29, 1.82) is 0 Å². The van der Waals surface area contributed by atoms with Gasteiger partial charge in [0.15, 0.2) is 5.58 Å². The van der Waals surface area contributed by atoms with E-state index in [9.17, 15) is 0 Å². The molecule has 3 heteroatoms. The molecule has 108 valence electrons. The first-order valence-corrected chi connectivity index (χ1v) is 7.52. The number of fused-ring (bicyclic) bond motifs is 4. The van der Waals surface area contributed by atoms with E-state index in [2.05, 4.69) is 34.2 Å². The Morgan fingerprint density at radius 3 is 2.57 bits per heavy atom. The summed E-state index contributed by atoms with van der Waals surface area (Å²) < 4.78 is 5.97. The average Bonchev–Trinajstić information content (AvgIpc) is 3.05. The Labute approximate surface area is 132 Å². The molecule has 3 aromatic carbocycles. The first-order valence-electron chi connectivity index (χ1n) is 7.52. The molecule has 23 heavy (non-hydrogen) atoms. The van der Waals surface area contributed by atoms with Gasteiger partial charge in [-0.05, 0) is 29.7 Å². The van der Waals surface area contributed by atoms with E-state index in [0.717, 1.165) is 38.3 Å². The number of nitrogens with zero attached hydrogens (tertiary/aromatic N) is 2. The fourth-order valence-corrected chi connectivity index (χ4v) is 3.08. The number of benzene rings is 3. The summed E-state index contributed by atoms with van der Waals surface area (Å²) in [7, 11) is 0. The van der Waals surface area contributed by atoms with Crippen molar-refractivity contribution in [2.75, 3.05) is 0 Å². The number of hydrogen-bond donors (Lipinski definition) is 0. The van der Waals surface area contributed by atoms with Crippen LogP contribution in [0, 0.1) is 0 Å². The topological polar surface area (TPSA) is 38.9 Å². The van der Waals surface area contributed by atoms with Crippen LogP contribution in [-0.2, 0) is 0 Å². The quantitative estimate of drug-likeness (QED) is 0.399. The van der Waals surface area contributed by atoms with E-state index in [0.29, 0.717) is 5.89 Å². The Morgan fingerprint density at radius 1 is 0.739 bits per heavy atom. The molecule has 0 spiro atoms. The zero-order valence-electron chi connectivity index (χ0n) is 12.2. The molecule has 0 aliphatic carbocycles. The molecule has 0 saturated heterocycles. The highest BCUT2D eigenvalue weighted by molar-refractivity contribution is 6.11. The van der Waals surface area contributed by atoms with E-state index < -0.39 is 0 Å². The van der Waals surface area contributed by atoms with Gasteiger partial charge in [0, 0.05) is 22.5 Å². The Bertz CT molecular complexity index is 1140. The molecule has 3 nitrogen and oxygen atoms in total. The Morgan fingerprint density at radius 2 is 1.61 bits per heavy atom. The molecule has 0 bridgehead atoms. The molecule has 0 amide bonds. The maximum atomic E-state index is 5.97. The van der Waals surface area contributed by atoms with Gasteiger partial charge < -0.3 is 4.42 Å². The molecular weight excluding hydrogens is 284 g/mol. The van der Waals surface area contributed by atoms with Crippen LogP contribution in [0.25, 0.3) is 44.2 Å². The van der Waals surface area contributed by atoms with Gasteiger partial charge in [0.25, 0.3) is 0 Å². The van der Waals surface area contributed by atoms with Crippen molar-refractivity contribution in [3.05, 3.63) is 72.9 Å². The average molecular weight is 296 g/mol. The number of hydrogen-bond acceptors (Lipinski definition) is 3. The summed E-state index contributed by atoms with van der Waals surface area (Å²) >= 11 is 0. The minimum absolute atomic E-state index is 0.634. The molecule has 5 rings (SSSR count). The van der Waals surface area contributed by atoms with E-state index in [-0.39, 0.29) is 0 Å². The number of oxazole rings is 1. The lowest BCUT2D eigenvalue weighted by molar-refractivity contribution is 0.620. The predicted molar refractivity (Wildman–Crippen MR) is 92.3 cm³/mol. The number of aromatic nitrogens is 2. The molecule has 2 heterocycles. The second-order valence-corrected chi connectivity index (χ2v) is 5.53. The molecule has 0 N–H and O–H groups in total. The van der Waals surface area contributed by atoms with E-state index in [1.54, 1.807) is 0 Å². The van der Waals surface area contributed by atoms with Gasteiger partial charge >= 0.3 is 0 Å². The highest BCUT2D eigenvalue weighted by Gasteiger charge is 2.13. The highest BCUT2D eigenvalue weighted by Crippen LogP contribution is 2.34. The zero-order valence-corrected chi connectivity index (χ0v) is 12.2. The van der Waals surface area contributed by atoms with Crippen molar-refractivity contribution in [2.24, 2.45) is 0 Å². The van der Waals surface area contributed by atoms with E-state index in [1.807, 2.05) is 48.7 Å². The second-order valence-electron chi connectivity index (χ2n) is 5.53. The first kappa shape index (κ1) is 12.4. The van der Waals surface area contributed by atoms with Crippen LogP contribution in [-0.4, -0.2) is 9.97 Å². The molecule has 0 aliphatic rings. The monoisotopic (exact) mass is 296 g/mol. The maximum absolute atomic E-state index is 5.97. The largest absolute Gasteiger partial charge is 0.436 e. The van der Waals surface area contributed by atoms with Crippen LogP contribution in [0.2, 0.25) is 0 Å². The molecule has 2 aromatic heterocycles. The Kier molecular flexibility index (Phi) is 2.50. The van der Waals surface area contributed by atoms with E-state index >= 15 is 0 Å². The third-order valence-electron chi connectivity index (χ3n) is 4.14. The summed E-state index contributed by atoms with van der Waals surface area (Å²) in [5.74, 6) is 0.634. The van der Waals surface area contributed by atoms with Gasteiger partial charge in [-0.3, -0.25) is 4.98 Å². The lowest BCUT2D eigenvalue weighted by Gasteiger charge is -2.06. The second kappa shape index (κ2) is 4.65. The Balaban J connectivity index is 1.92. The summed E-state index contributed by atoms with van der Waals surface area (Å²) in [6, 6.07) is 22.2. The fourth-order valence-electron chi connectivity index (χ4n) is 3.08. The zero-order chi connectivity index (χ0) is 15.2. The van der Waals surface area contributed by atoms with Gasteiger partial charge in [0.1, 0.15) is 5.52 Å². The number of rotatable bonds is 1. The summed E-state index contributed by atoms with van der Waals surface area (Å²) in [6.07, 6.45) is 1.82. The van der Waals surface area contributed by atoms with Crippen LogP contribution in [0.15, 0.2) is 77.3 Å². The minimum Gasteiger partial charge on any atom is -0.436 e. The smallest absolute Gasteiger partial charge is 0.228 e. The predicted octanol–water partition coefficient (Wildman–Crippen LogP) is 5.20. The molecule has 0 unspecified atom stereocenters. The molecule has 0 saturated carbocycles. The molecule has 5 aromatic rings. The molecule has 0 radical (unpaired) electrons. The lowest BCUT2D eigenvalue weighted by atomic mass is 10.0. The standard InChI is InChI=1S/C20H12N2O/c1-2-9-17-16(8-1)22-20(23-17)15-7-3-5-13-10-11-14-6-4-12-21-19(14)18(13)15/h1-12H. The molecule has 0 aliphatic heterocycles. The third-order valence-corrected chi connectivity index (χ3v) is 4.14. The van der Waals surface area contributed by atoms with Crippen molar-refractivity contribution in [1.82, 2.24) is 9.97 Å². The van der Waals surface area contributed by atoms with Gasteiger partial charge in [0.2, 0.25) is 5.89 Å². The lowest BCUT2D eigenvalue weighted by Crippen LogP contribution is -1.86. The summed E-state index contributed by atoms with van der Waals surface area (Å²) in [5.41, 5.74) is 3.62. The van der Waals surface area contributed by atoms with Crippen molar-refractivity contribution in [2.45, 2.75) is 0 Å². The van der Waals surface area contributed by atoms with Gasteiger partial charge in [-0.1, -0.05) is 42.5 Å². The molecule has 0 atom stereocenters. The number of pyridine rings is 1. The van der Waals surface area contributed by atoms with Crippen molar-refractivity contribution in [3.8, 4) is 11.5 Å². The van der Waals surface area contributed by atoms with Gasteiger partial charge in [-0.15, -0.1) is 0 Å². The van der Waals surface area contributed by atoms with Crippen LogP contribution < -0.4 is 0 Å². The van der Waals surface area contributed by atoms with Crippen LogP contribution in [0.3, 0.4) is 0 Å². The highest BCUT2D eigenvalue weighted by atomic mass is 16.3. The SMILES string of the molecule is c1cnc2c(c1)ccc1cccc(-c3nc4ccccc4o3)c12. The van der Waals surface area contributed by atoms with Gasteiger partial charge in [-0.2, -0.15) is 0 Å².